The summed E-state index contributed by atoms with van der Waals surface area (Å²) in [6.45, 7) is 5.92. The molecule has 0 N–H and O–H groups in total. The first kappa shape index (κ1) is 12.9. The number of benzene rings is 1. The largest absolute Gasteiger partial charge is 0.324 e. The molecule has 1 aromatic carbocycles. The summed E-state index contributed by atoms with van der Waals surface area (Å²) >= 11 is 0. The maximum atomic E-state index is 12.4. The van der Waals surface area contributed by atoms with Crippen LogP contribution in [0.2, 0.25) is 0 Å². The number of aryl methyl sites for hydroxylation is 2. The van der Waals surface area contributed by atoms with Crippen LogP contribution in [0, 0.1) is 13.8 Å². The Bertz CT molecular complexity index is 436. The van der Waals surface area contributed by atoms with E-state index >= 15 is 0 Å². The molecule has 1 aliphatic rings. The highest BCUT2D eigenvalue weighted by Crippen LogP contribution is 2.22. The number of carbonyl (C=O) groups excluding carboxylic acids is 1. The fourth-order valence-corrected chi connectivity index (χ4v) is 2.58. The average molecular weight is 246 g/mol. The number of nitrogens with zero attached hydrogens (tertiary/aromatic N) is 2. The van der Waals surface area contributed by atoms with Crippen molar-refractivity contribution in [2.24, 2.45) is 0 Å². The highest BCUT2D eigenvalue weighted by Gasteiger charge is 2.21. The van der Waals surface area contributed by atoms with E-state index in [0.717, 1.165) is 37.2 Å². The van der Waals surface area contributed by atoms with Crippen molar-refractivity contribution in [2.75, 3.05) is 25.0 Å². The maximum Gasteiger partial charge on any atom is 0.324 e. The van der Waals surface area contributed by atoms with Gasteiger partial charge in [-0.25, -0.2) is 4.79 Å². The number of amides is 2. The van der Waals surface area contributed by atoms with Crippen LogP contribution < -0.4 is 4.90 Å². The van der Waals surface area contributed by atoms with E-state index < -0.39 is 0 Å². The Balaban J connectivity index is 2.14. The predicted molar refractivity (Wildman–Crippen MR) is 75.1 cm³/mol. The number of carbonyl (C=O) groups is 1. The van der Waals surface area contributed by atoms with Crippen LogP contribution in [0.5, 0.6) is 0 Å². The third-order valence-corrected chi connectivity index (χ3v) is 3.63. The number of hydrogen-bond acceptors (Lipinski definition) is 1. The highest BCUT2D eigenvalue weighted by molar-refractivity contribution is 5.92. The fraction of sp³-hybridized carbons (Fsp3) is 0.533. The molecule has 98 valence electrons. The maximum absolute atomic E-state index is 12.4. The van der Waals surface area contributed by atoms with Crippen LogP contribution in [-0.4, -0.2) is 31.1 Å². The van der Waals surface area contributed by atoms with Crippen LogP contribution in [-0.2, 0) is 0 Å². The van der Waals surface area contributed by atoms with E-state index in [1.54, 1.807) is 4.90 Å². The minimum absolute atomic E-state index is 0.127. The number of urea groups is 1. The van der Waals surface area contributed by atoms with Crippen molar-refractivity contribution < 1.29 is 4.79 Å². The molecule has 0 spiro atoms. The number of piperidine rings is 1. The number of anilines is 1. The van der Waals surface area contributed by atoms with Gasteiger partial charge in [0.1, 0.15) is 0 Å². The van der Waals surface area contributed by atoms with Crippen molar-refractivity contribution in [1.29, 1.82) is 0 Å². The number of rotatable bonds is 1. The molecule has 2 rings (SSSR count). The Morgan fingerprint density at radius 2 is 1.83 bits per heavy atom. The van der Waals surface area contributed by atoms with Gasteiger partial charge in [-0.3, -0.25) is 4.90 Å². The average Bonchev–Trinajstić information content (AvgIpc) is 2.38. The van der Waals surface area contributed by atoms with Crippen LogP contribution >= 0.6 is 0 Å². The summed E-state index contributed by atoms with van der Waals surface area (Å²) in [5, 5.41) is 0. The van der Waals surface area contributed by atoms with E-state index in [1.165, 1.54) is 12.0 Å². The summed E-state index contributed by atoms with van der Waals surface area (Å²) in [5.41, 5.74) is 3.40. The van der Waals surface area contributed by atoms with Crippen LogP contribution in [0.4, 0.5) is 10.5 Å². The zero-order valence-corrected chi connectivity index (χ0v) is 11.6. The second-order valence-electron chi connectivity index (χ2n) is 5.18. The van der Waals surface area contributed by atoms with Crippen molar-refractivity contribution in [3.8, 4) is 0 Å². The standard InChI is InChI=1S/C15H22N2O/c1-12-7-8-14(13(2)11-12)16(3)15(18)17-9-5-4-6-10-17/h7-8,11H,4-6,9-10H2,1-3H3. The molecule has 1 fully saturated rings. The summed E-state index contributed by atoms with van der Waals surface area (Å²) < 4.78 is 0. The lowest BCUT2D eigenvalue weighted by Gasteiger charge is -2.31. The molecule has 3 heteroatoms. The quantitative estimate of drug-likeness (QED) is 0.745. The van der Waals surface area contributed by atoms with Crippen LogP contribution in [0.25, 0.3) is 0 Å². The SMILES string of the molecule is Cc1ccc(N(C)C(=O)N2CCCCC2)c(C)c1. The molecule has 1 aliphatic heterocycles. The van der Waals surface area contributed by atoms with E-state index in [0.29, 0.717) is 0 Å². The Kier molecular flexibility index (Phi) is 3.90. The van der Waals surface area contributed by atoms with Crippen molar-refractivity contribution in [1.82, 2.24) is 4.90 Å². The molecule has 0 aliphatic carbocycles. The third-order valence-electron chi connectivity index (χ3n) is 3.63. The molecule has 0 bridgehead atoms. The van der Waals surface area contributed by atoms with Crippen LogP contribution in [0.3, 0.4) is 0 Å². The summed E-state index contributed by atoms with van der Waals surface area (Å²) in [7, 11) is 1.87. The molecule has 1 aromatic rings. The molecule has 2 amide bonds. The summed E-state index contributed by atoms with van der Waals surface area (Å²) in [6.07, 6.45) is 3.51. The van der Waals surface area contributed by atoms with Gasteiger partial charge in [-0.15, -0.1) is 0 Å². The Morgan fingerprint density at radius 1 is 1.17 bits per heavy atom. The van der Waals surface area contributed by atoms with E-state index in [2.05, 4.69) is 26.0 Å². The van der Waals surface area contributed by atoms with Gasteiger partial charge in [0.05, 0.1) is 0 Å². The van der Waals surface area contributed by atoms with Gasteiger partial charge in [-0.1, -0.05) is 17.7 Å². The summed E-state index contributed by atoms with van der Waals surface area (Å²) in [4.78, 5) is 16.1. The lowest BCUT2D eigenvalue weighted by Crippen LogP contribution is -2.44. The first-order chi connectivity index (χ1) is 8.59. The van der Waals surface area contributed by atoms with Crippen molar-refractivity contribution in [3.63, 3.8) is 0 Å². The van der Waals surface area contributed by atoms with Crippen molar-refractivity contribution in [3.05, 3.63) is 29.3 Å². The van der Waals surface area contributed by atoms with Crippen LogP contribution in [0.15, 0.2) is 18.2 Å². The zero-order chi connectivity index (χ0) is 13.1. The van der Waals surface area contributed by atoms with Gasteiger partial charge in [-0.2, -0.15) is 0 Å². The predicted octanol–water partition coefficient (Wildman–Crippen LogP) is 3.35. The smallest absolute Gasteiger partial charge is 0.324 e. The normalized spacial score (nSPS) is 15.6. The number of likely N-dealkylation sites (tertiary alicyclic amines) is 1. The second-order valence-corrected chi connectivity index (χ2v) is 5.18. The molecule has 1 heterocycles. The molecule has 0 atom stereocenters. The third kappa shape index (κ3) is 2.66. The Hall–Kier alpha value is -1.51. The van der Waals surface area contributed by atoms with Crippen molar-refractivity contribution >= 4 is 11.7 Å². The van der Waals surface area contributed by atoms with Gasteiger partial charge in [0.15, 0.2) is 0 Å². The monoisotopic (exact) mass is 246 g/mol. The topological polar surface area (TPSA) is 23.6 Å². The Labute approximate surface area is 109 Å². The van der Waals surface area contributed by atoms with E-state index in [-0.39, 0.29) is 6.03 Å². The van der Waals surface area contributed by atoms with Gasteiger partial charge in [0, 0.05) is 25.8 Å². The van der Waals surface area contributed by atoms with Crippen LogP contribution in [0.1, 0.15) is 30.4 Å². The van der Waals surface area contributed by atoms with Crippen molar-refractivity contribution in [2.45, 2.75) is 33.1 Å². The molecular weight excluding hydrogens is 224 g/mol. The van der Waals surface area contributed by atoms with E-state index in [4.69, 9.17) is 0 Å². The summed E-state index contributed by atoms with van der Waals surface area (Å²) in [6, 6.07) is 6.34. The molecule has 0 saturated carbocycles. The highest BCUT2D eigenvalue weighted by atomic mass is 16.2. The molecule has 0 radical (unpaired) electrons. The van der Waals surface area contributed by atoms with Gasteiger partial charge in [0.25, 0.3) is 0 Å². The van der Waals surface area contributed by atoms with Gasteiger partial charge < -0.3 is 4.90 Å². The lowest BCUT2D eigenvalue weighted by molar-refractivity contribution is 0.194. The summed E-state index contributed by atoms with van der Waals surface area (Å²) in [5.74, 6) is 0. The molecule has 0 unspecified atom stereocenters. The van der Waals surface area contributed by atoms with E-state index in [1.807, 2.05) is 18.0 Å². The number of hydrogen-bond donors (Lipinski definition) is 0. The van der Waals surface area contributed by atoms with Gasteiger partial charge in [-0.05, 0) is 44.7 Å². The first-order valence-electron chi connectivity index (χ1n) is 6.69. The molecule has 3 nitrogen and oxygen atoms in total. The van der Waals surface area contributed by atoms with Gasteiger partial charge >= 0.3 is 6.03 Å². The molecular formula is C15H22N2O. The van der Waals surface area contributed by atoms with E-state index in [9.17, 15) is 4.79 Å². The molecule has 0 aromatic heterocycles. The minimum Gasteiger partial charge on any atom is -0.324 e. The van der Waals surface area contributed by atoms with Gasteiger partial charge in [0.2, 0.25) is 0 Å². The first-order valence-corrected chi connectivity index (χ1v) is 6.69. The lowest BCUT2D eigenvalue weighted by atomic mass is 10.1. The second kappa shape index (κ2) is 5.42. The zero-order valence-electron chi connectivity index (χ0n) is 11.6. The fourth-order valence-electron chi connectivity index (χ4n) is 2.58. The Morgan fingerprint density at radius 3 is 2.44 bits per heavy atom. The molecule has 18 heavy (non-hydrogen) atoms. The minimum atomic E-state index is 0.127. The molecule has 1 saturated heterocycles.